The monoisotopic (exact) mass is 420 g/mol. The van der Waals surface area contributed by atoms with Gasteiger partial charge in [0, 0.05) is 0 Å². The molecule has 0 heterocycles. The van der Waals surface area contributed by atoms with E-state index >= 15 is 0 Å². The molecule has 0 aliphatic heterocycles. The van der Waals surface area contributed by atoms with Crippen LogP contribution in [0.25, 0.3) is 0 Å². The topological polar surface area (TPSA) is 85.5 Å². The first-order valence-electron chi connectivity index (χ1n) is 0. The van der Waals surface area contributed by atoms with E-state index in [0.717, 1.165) is 0 Å². The Labute approximate surface area is 185 Å². The van der Waals surface area contributed by atoms with E-state index in [1.165, 1.54) is 0 Å². The molecule has 42 valence electrons. The molecular weight excluding hydrogens is 411 g/mol. The van der Waals surface area contributed by atoms with Crippen molar-refractivity contribution in [3.63, 3.8) is 0 Å². The molecule has 0 fully saturated rings. The molecule has 0 saturated heterocycles. The molecule has 0 amide bonds. The molecule has 2 radical (unpaired) electrons. The molecule has 0 N–H and O–H groups in total. The summed E-state index contributed by atoms with van der Waals surface area (Å²) in [5.41, 5.74) is 0. The van der Waals surface area contributed by atoms with Crippen LogP contribution < -0.4 is 37.7 Å². The largest absolute Gasteiger partial charge is 3.00 e. The maximum absolute atomic E-state index is 0. The molecule has 0 atom stereocenters. The Kier molecular flexibility index (Phi) is 720. The predicted octanol–water partition coefficient (Wildman–Crippen LogP) is -6.44. The smallest absolute Gasteiger partial charge is 2.00 e. The van der Waals surface area contributed by atoms with E-state index in [1.807, 2.05) is 0 Å². The minimum absolute atomic E-state index is 0. The van der Waals surface area contributed by atoms with Crippen LogP contribution in [0.1, 0.15) is 8.56 Å². The molecule has 0 aliphatic carbocycles. The van der Waals surface area contributed by atoms with Gasteiger partial charge in [0.1, 0.15) is 0 Å². The average Bonchev–Trinajstić information content (AvgIpc) is 0. The van der Waals surface area contributed by atoms with E-state index < -0.39 is 0 Å². The van der Waals surface area contributed by atoms with Crippen LogP contribution in [-0.4, -0.2) is 46.1 Å². The molecule has 0 aliphatic rings. The van der Waals surface area contributed by atoms with Crippen molar-refractivity contribution >= 4 is 46.1 Å². The van der Waals surface area contributed by atoms with E-state index in [2.05, 4.69) is 0 Å². The summed E-state index contributed by atoms with van der Waals surface area (Å²) in [5.74, 6) is 0. The van der Waals surface area contributed by atoms with Gasteiger partial charge in [-0.05, 0) is 0 Å². The van der Waals surface area contributed by atoms with Crippen molar-refractivity contribution in [1.82, 2.24) is 0 Å². The zero-order chi connectivity index (χ0) is 0. The Morgan fingerprint density at radius 3 is 0.556 bits per heavy atom. The van der Waals surface area contributed by atoms with Crippen molar-refractivity contribution in [1.29, 1.82) is 0 Å². The Balaban J connectivity index is 0. The van der Waals surface area contributed by atoms with Crippen molar-refractivity contribution in [3.8, 4) is 0 Å². The SMILES string of the molecule is [H-].[H-].[H-].[H-].[H-].[H-].[Li+].[Li+].[Mg+2].[Mg+2].[O-2].[O-2].[O-2].[Sm+3].[Sm+3]. The number of hydrogen-bond donors (Lipinski definition) is 0. The average molecular weight is 417 g/mol. The van der Waals surface area contributed by atoms with Gasteiger partial charge in [-0.3, -0.25) is 0 Å². The van der Waals surface area contributed by atoms with Crippen molar-refractivity contribution in [3.05, 3.63) is 0 Å². The van der Waals surface area contributed by atoms with E-state index in [1.54, 1.807) is 0 Å². The second kappa shape index (κ2) is 71.8. The molecule has 0 bridgehead atoms. The van der Waals surface area contributed by atoms with Gasteiger partial charge in [-0.15, -0.1) is 0 Å². The molecule has 0 rings (SSSR count). The Bertz CT molecular complexity index is 32.3. The Hall–Kier alpha value is 5.28. The Morgan fingerprint density at radius 2 is 0.556 bits per heavy atom. The molecule has 0 aromatic heterocycles. The summed E-state index contributed by atoms with van der Waals surface area (Å²) in [4.78, 5) is 0. The molecule has 0 unspecified atom stereocenters. The standard InChI is InChI=1S/2Li.2Mg.3O.2Sm.6H/q2*+1;2*+2;3*-2;2*+3;6*-1. The molecule has 9 heavy (non-hydrogen) atoms. The molecule has 9 heteroatoms. The maximum atomic E-state index is 0. The molecular formula is H6Li2Mg2O3Sm2. The number of hydrogen-bond acceptors (Lipinski definition) is 0. The third-order valence-corrected chi connectivity index (χ3v) is 0. The minimum atomic E-state index is 0. The summed E-state index contributed by atoms with van der Waals surface area (Å²) in [5, 5.41) is 0. The summed E-state index contributed by atoms with van der Waals surface area (Å²) in [6.45, 7) is 0. The summed E-state index contributed by atoms with van der Waals surface area (Å²) >= 11 is 0. The van der Waals surface area contributed by atoms with E-state index in [4.69, 9.17) is 0 Å². The fourth-order valence-electron chi connectivity index (χ4n) is 0. The third kappa shape index (κ3) is 60.6. The predicted molar refractivity (Wildman–Crippen MR) is 20.2 cm³/mol. The van der Waals surface area contributed by atoms with Crippen LogP contribution >= 0.6 is 0 Å². The zero-order valence-corrected chi connectivity index (χ0v) is 13.5. The summed E-state index contributed by atoms with van der Waals surface area (Å²) in [6, 6.07) is 0. The van der Waals surface area contributed by atoms with Crippen molar-refractivity contribution < 1.29 is 143 Å². The van der Waals surface area contributed by atoms with Gasteiger partial charge in [-0.1, -0.05) is 0 Å². The van der Waals surface area contributed by atoms with E-state index in [-0.39, 0.29) is 190 Å². The third-order valence-electron chi connectivity index (χ3n) is 0. The van der Waals surface area contributed by atoms with Gasteiger partial charge in [-0.2, -0.15) is 0 Å². The van der Waals surface area contributed by atoms with Crippen LogP contribution in [0.5, 0.6) is 0 Å². The quantitative estimate of drug-likeness (QED) is 0.352. The van der Waals surface area contributed by atoms with E-state index in [9.17, 15) is 0 Å². The summed E-state index contributed by atoms with van der Waals surface area (Å²) in [7, 11) is 0. The summed E-state index contributed by atoms with van der Waals surface area (Å²) in [6.07, 6.45) is 0. The van der Waals surface area contributed by atoms with Gasteiger partial charge >= 0.3 is 165 Å². The van der Waals surface area contributed by atoms with Gasteiger partial charge in [0.2, 0.25) is 0 Å². The number of rotatable bonds is 0. The van der Waals surface area contributed by atoms with Gasteiger partial charge in [0.15, 0.2) is 0 Å². The van der Waals surface area contributed by atoms with Crippen LogP contribution in [0.4, 0.5) is 0 Å². The van der Waals surface area contributed by atoms with Crippen LogP contribution in [0.3, 0.4) is 0 Å². The maximum Gasteiger partial charge on any atom is 3.00 e. The fourth-order valence-corrected chi connectivity index (χ4v) is 0. The van der Waals surface area contributed by atoms with Gasteiger partial charge in [-0.25, -0.2) is 0 Å². The van der Waals surface area contributed by atoms with Crippen molar-refractivity contribution in [2.45, 2.75) is 0 Å². The van der Waals surface area contributed by atoms with Crippen LogP contribution in [-0.2, 0) is 16.4 Å². The van der Waals surface area contributed by atoms with Gasteiger partial charge in [0.05, 0.1) is 0 Å². The van der Waals surface area contributed by atoms with Crippen LogP contribution in [0.15, 0.2) is 0 Å². The van der Waals surface area contributed by atoms with Crippen molar-refractivity contribution in [2.75, 3.05) is 0 Å². The summed E-state index contributed by atoms with van der Waals surface area (Å²) < 4.78 is 0. The van der Waals surface area contributed by atoms with Gasteiger partial charge in [0.25, 0.3) is 0 Å². The minimum Gasteiger partial charge on any atom is -2.00 e. The van der Waals surface area contributed by atoms with Crippen LogP contribution in [0.2, 0.25) is 0 Å². The fraction of sp³-hybridized carbons (Fsp3) is 0. The normalized spacial score (nSPS) is 0. The molecule has 0 spiro atoms. The van der Waals surface area contributed by atoms with Gasteiger partial charge < -0.3 is 25.0 Å². The second-order valence-electron chi connectivity index (χ2n) is 0. The Morgan fingerprint density at radius 1 is 0.556 bits per heavy atom. The first-order valence-corrected chi connectivity index (χ1v) is 0. The first kappa shape index (κ1) is 90.3. The van der Waals surface area contributed by atoms with Crippen molar-refractivity contribution in [2.24, 2.45) is 0 Å². The second-order valence-corrected chi connectivity index (χ2v) is 0. The zero-order valence-electron chi connectivity index (χ0n) is 11.5. The molecule has 3 nitrogen and oxygen atoms in total. The molecule has 0 aromatic rings. The molecule has 0 saturated carbocycles. The van der Waals surface area contributed by atoms with E-state index in [0.29, 0.717) is 0 Å². The van der Waals surface area contributed by atoms with Crippen LogP contribution in [0, 0.1) is 80.8 Å². The first-order chi connectivity index (χ1) is 0. The molecule has 0 aromatic carbocycles.